The van der Waals surface area contributed by atoms with Crippen molar-refractivity contribution in [3.63, 3.8) is 0 Å². The first kappa shape index (κ1) is 29.9. The third-order valence-corrected chi connectivity index (χ3v) is 0. The average Bonchev–Trinajstić information content (AvgIpc) is 0.722. The molecule has 60 valence electrons. The van der Waals surface area contributed by atoms with Gasteiger partial charge in [-0.2, -0.15) is 0 Å². The van der Waals surface area contributed by atoms with Crippen molar-refractivity contribution < 1.29 is 111 Å². The van der Waals surface area contributed by atoms with Crippen LogP contribution in [0, 0.1) is 0 Å². The van der Waals surface area contributed by atoms with Crippen molar-refractivity contribution in [3.8, 4) is 0 Å². The van der Waals surface area contributed by atoms with Gasteiger partial charge in [0.25, 0.3) is 0 Å². The van der Waals surface area contributed by atoms with Gasteiger partial charge in [-0.15, -0.1) is 0 Å². The molecule has 0 bridgehead atoms. The van der Waals surface area contributed by atoms with Crippen molar-refractivity contribution >= 4 is 0 Å². The maximum atomic E-state index is 8.80. The number of rotatable bonds is 0. The van der Waals surface area contributed by atoms with Crippen LogP contribution >= 0.6 is 0 Å². The van der Waals surface area contributed by atoms with Gasteiger partial charge in [-0.1, -0.05) is 0 Å². The van der Waals surface area contributed by atoms with E-state index in [0.29, 0.717) is 0 Å². The van der Waals surface area contributed by atoms with Gasteiger partial charge in [0.2, 0.25) is 0 Å². The molecule has 0 atom stereocenters. The third-order valence-electron chi connectivity index (χ3n) is 0. The number of hydrogen-bond acceptors (Lipinski definition) is 2. The Bertz CT molecular complexity index is 106. The van der Waals surface area contributed by atoms with Gasteiger partial charge in [-0.05, 0) is 0 Å². The van der Waals surface area contributed by atoms with E-state index in [9.17, 15) is 0 Å². The predicted octanol–water partition coefficient (Wildman–Crippen LogP) is -4.25. The van der Waals surface area contributed by atoms with Crippen molar-refractivity contribution in [2.45, 2.75) is 0 Å². The predicted molar refractivity (Wildman–Crippen MR) is 6.92 cm³/mol. The van der Waals surface area contributed by atoms with Crippen LogP contribution in [0.3, 0.4) is 0 Å². The molecule has 1 radical (unpaired) electrons. The summed E-state index contributed by atoms with van der Waals surface area (Å²) in [4.78, 5) is 0. The van der Waals surface area contributed by atoms with Gasteiger partial charge in [0.05, 0.1) is 0 Å². The van der Waals surface area contributed by atoms with Gasteiger partial charge in [0, 0.05) is 50.6 Å². The van der Waals surface area contributed by atoms with Crippen molar-refractivity contribution in [2.24, 2.45) is 0 Å². The second-order valence-corrected chi connectivity index (χ2v) is 1.71. The Morgan fingerprint density at radius 2 is 1.22 bits per heavy atom. The Balaban J connectivity index is -0.00000000800. The van der Waals surface area contributed by atoms with Gasteiger partial charge in [-0.3, -0.25) is 0 Å². The third kappa shape index (κ3) is 117. The van der Waals surface area contributed by atoms with Crippen LogP contribution in [0.15, 0.2) is 0 Å². The fraction of sp³-hybridized carbons (Fsp3) is 0. The molecule has 4 nitrogen and oxygen atoms in total. The van der Waals surface area contributed by atoms with E-state index in [1.165, 1.54) is 0 Å². The fourth-order valence-corrected chi connectivity index (χ4v) is 0. The summed E-state index contributed by atoms with van der Waals surface area (Å²) in [5.41, 5.74) is 0. The molecule has 0 aromatic carbocycles. The first-order valence-electron chi connectivity index (χ1n) is 0.647. The molecule has 0 fully saturated rings. The Labute approximate surface area is 109 Å². The molecular formula is H3FeMn2NaNiO4. The van der Waals surface area contributed by atoms with Crippen LogP contribution in [0.2, 0.25) is 0 Å². The zero-order valence-corrected chi connectivity index (χ0v) is 10.6. The first-order valence-corrected chi connectivity index (χ1v) is 2.67. The number of hydrogen-bond donors (Lipinski definition) is 2. The minimum absolute atomic E-state index is 0. The monoisotopic (exact) mass is 314 g/mol. The van der Waals surface area contributed by atoms with Crippen LogP contribution in [0.4, 0.5) is 0 Å². The molecule has 0 rings (SSSR count). The summed E-state index contributed by atoms with van der Waals surface area (Å²) in [5.74, 6) is 0. The van der Waals surface area contributed by atoms with Crippen LogP contribution in [-0.4, -0.2) is 8.38 Å². The second kappa shape index (κ2) is 13.2. The maximum absolute atomic E-state index is 8.80. The molecule has 2 N–H and O–H groups in total. The molecule has 0 saturated heterocycles. The van der Waals surface area contributed by atoms with Crippen LogP contribution in [0.1, 0.15) is 1.43 Å². The molecule has 0 aliphatic rings. The molecule has 0 aliphatic heterocycles. The van der Waals surface area contributed by atoms with E-state index in [1.54, 1.807) is 0 Å². The summed E-state index contributed by atoms with van der Waals surface area (Å²) in [6, 6.07) is 0. The van der Waals surface area contributed by atoms with Crippen molar-refractivity contribution in [1.82, 2.24) is 0 Å². The van der Waals surface area contributed by atoms with Crippen LogP contribution in [0.5, 0.6) is 0 Å². The minimum atomic E-state index is -5.12. The molecule has 9 heteroatoms. The summed E-state index contributed by atoms with van der Waals surface area (Å²) >= 11 is -5.12. The molecule has 9 heavy (non-hydrogen) atoms. The van der Waals surface area contributed by atoms with E-state index in [0.717, 1.165) is 0 Å². The van der Waals surface area contributed by atoms with Crippen molar-refractivity contribution in [2.75, 3.05) is 0 Å². The van der Waals surface area contributed by atoms with Crippen LogP contribution in [0.25, 0.3) is 0 Å². The standard InChI is InChI=1S/Fe.2Mn.Na.Ni.2H2O.2O.H/h;;;;;2*1H2;;;/q;;+2;+1;;;;;;-1/p-2. The van der Waals surface area contributed by atoms with Gasteiger partial charge in [0.1, 0.15) is 0 Å². The van der Waals surface area contributed by atoms with E-state index in [1.807, 2.05) is 0 Å². The Kier molecular flexibility index (Phi) is 43.9. The van der Waals surface area contributed by atoms with Gasteiger partial charge in [0.15, 0.2) is 0 Å². The zero-order chi connectivity index (χ0) is 4.50. The summed E-state index contributed by atoms with van der Waals surface area (Å²) in [6.45, 7) is 0. The Morgan fingerprint density at radius 3 is 1.22 bits per heavy atom. The summed E-state index contributed by atoms with van der Waals surface area (Å²) in [5, 5.41) is 0. The average molecular weight is 314 g/mol. The summed E-state index contributed by atoms with van der Waals surface area (Å²) in [6.07, 6.45) is 0. The van der Waals surface area contributed by atoms with Crippen molar-refractivity contribution in [3.05, 3.63) is 0 Å². The molecule has 0 heterocycles. The van der Waals surface area contributed by atoms with E-state index in [4.69, 9.17) is 16.0 Å². The SMILES string of the molecule is [Fe].[H-].[Mn].[Na+].[Ni].[O]=[Mn](=[O])([OH])[OH]. The zero-order valence-electron chi connectivity index (χ0n) is 5.14. The molecular weight excluding hydrogens is 311 g/mol. The molecule has 0 saturated carbocycles. The van der Waals surface area contributed by atoms with E-state index < -0.39 is 13.4 Å². The summed E-state index contributed by atoms with van der Waals surface area (Å²) < 4.78 is 31.8. The van der Waals surface area contributed by atoms with E-state index >= 15 is 0 Å². The first-order chi connectivity index (χ1) is 2.00. The molecule has 0 amide bonds. The Morgan fingerprint density at radius 1 is 1.22 bits per heavy atom. The van der Waals surface area contributed by atoms with Crippen LogP contribution in [-0.2, 0) is 71.7 Å². The molecule has 0 aliphatic carbocycles. The Hall–Kier alpha value is 2.57. The quantitative estimate of drug-likeness (QED) is 0.444. The van der Waals surface area contributed by atoms with Crippen molar-refractivity contribution in [1.29, 1.82) is 0 Å². The molecule has 0 aromatic heterocycles. The van der Waals surface area contributed by atoms with E-state index in [2.05, 4.69) is 0 Å². The second-order valence-electron chi connectivity index (χ2n) is 0.415. The van der Waals surface area contributed by atoms with Crippen LogP contribution < -0.4 is 29.6 Å². The summed E-state index contributed by atoms with van der Waals surface area (Å²) in [7, 11) is 0. The van der Waals surface area contributed by atoms with E-state index in [-0.39, 0.29) is 81.6 Å². The van der Waals surface area contributed by atoms with Gasteiger partial charge in [-0.25, -0.2) is 0 Å². The molecule has 0 aromatic rings. The molecule has 0 spiro atoms. The fourth-order valence-electron chi connectivity index (χ4n) is 0. The molecule has 0 unspecified atom stereocenters. The normalized spacial score (nSPS) is 6.44. The van der Waals surface area contributed by atoms with Gasteiger partial charge >= 0.3 is 59.0 Å². The van der Waals surface area contributed by atoms with Gasteiger partial charge < -0.3 is 1.43 Å². The topological polar surface area (TPSA) is 74.6 Å².